The minimum Gasteiger partial charge on any atom is -0.342 e. The monoisotopic (exact) mass is 406 g/mol. The summed E-state index contributed by atoms with van der Waals surface area (Å²) in [5.41, 5.74) is 1.35. The number of rotatable bonds is 7. The molecular formula is C20H23FN2O4S. The zero-order chi connectivity index (χ0) is 20.9. The van der Waals surface area contributed by atoms with Gasteiger partial charge in [0.2, 0.25) is 11.8 Å². The van der Waals surface area contributed by atoms with E-state index in [-0.39, 0.29) is 17.2 Å². The van der Waals surface area contributed by atoms with Crippen LogP contribution in [0.15, 0.2) is 53.4 Å². The number of carbonyl (C=O) groups is 2. The van der Waals surface area contributed by atoms with Crippen molar-refractivity contribution in [1.82, 2.24) is 4.90 Å². The van der Waals surface area contributed by atoms with Gasteiger partial charge in [0, 0.05) is 32.6 Å². The summed E-state index contributed by atoms with van der Waals surface area (Å²) in [4.78, 5) is 25.2. The largest absolute Gasteiger partial charge is 0.342 e. The molecule has 2 amide bonds. The van der Waals surface area contributed by atoms with Crippen molar-refractivity contribution < 1.29 is 22.4 Å². The van der Waals surface area contributed by atoms with Crippen LogP contribution >= 0.6 is 0 Å². The molecule has 6 nitrogen and oxygen atoms in total. The van der Waals surface area contributed by atoms with E-state index >= 15 is 0 Å². The molecule has 0 saturated carbocycles. The van der Waals surface area contributed by atoms with Crippen LogP contribution in [0.1, 0.15) is 25.8 Å². The molecule has 0 aliphatic carbocycles. The van der Waals surface area contributed by atoms with Crippen molar-refractivity contribution in [2.75, 3.05) is 12.4 Å². The highest BCUT2D eigenvalue weighted by molar-refractivity contribution is 7.92. The first-order chi connectivity index (χ1) is 13.1. The summed E-state index contributed by atoms with van der Waals surface area (Å²) in [6, 6.07) is 11.5. The maximum absolute atomic E-state index is 13.0. The lowest BCUT2D eigenvalue weighted by molar-refractivity contribution is -0.128. The number of nitrogens with zero attached hydrogens (tertiary/aromatic N) is 1. The number of anilines is 1. The molecule has 2 rings (SSSR count). The van der Waals surface area contributed by atoms with Gasteiger partial charge in [0.1, 0.15) is 5.82 Å². The molecule has 2 aromatic carbocycles. The third-order valence-corrected chi connectivity index (χ3v) is 6.47. The maximum Gasteiger partial charge on any atom is 0.225 e. The van der Waals surface area contributed by atoms with Crippen LogP contribution in [0.3, 0.4) is 0 Å². The number of halogens is 1. The van der Waals surface area contributed by atoms with Gasteiger partial charge in [-0.1, -0.05) is 12.1 Å². The summed E-state index contributed by atoms with van der Waals surface area (Å²) in [5, 5.41) is 1.71. The Balaban J connectivity index is 2.03. The standard InChI is InChI=1S/C20H23FN2O4S/c1-14(28(26,27)19-9-7-17(21)8-10-19)11-20(25)22-18-6-4-5-16(12-18)13-23(3)15(2)24/h4-10,12,14H,11,13H2,1-3H3,(H,22,25). The van der Waals surface area contributed by atoms with E-state index in [1.165, 1.54) is 30.9 Å². The number of carbonyl (C=O) groups excluding carboxylic acids is 2. The highest BCUT2D eigenvalue weighted by Crippen LogP contribution is 2.20. The molecule has 2 aromatic rings. The molecule has 150 valence electrons. The van der Waals surface area contributed by atoms with Crippen LogP contribution < -0.4 is 5.32 Å². The van der Waals surface area contributed by atoms with E-state index in [0.29, 0.717) is 12.2 Å². The Hall–Kier alpha value is -2.74. The van der Waals surface area contributed by atoms with Crippen molar-refractivity contribution in [2.45, 2.75) is 37.0 Å². The summed E-state index contributed by atoms with van der Waals surface area (Å²) in [7, 11) is -2.07. The predicted octanol–water partition coefficient (Wildman–Crippen LogP) is 3.00. The molecule has 28 heavy (non-hydrogen) atoms. The molecule has 0 aromatic heterocycles. The van der Waals surface area contributed by atoms with Gasteiger partial charge in [0.05, 0.1) is 10.1 Å². The maximum atomic E-state index is 13.0. The van der Waals surface area contributed by atoms with Gasteiger partial charge in [0.25, 0.3) is 0 Å². The fourth-order valence-electron chi connectivity index (χ4n) is 2.57. The predicted molar refractivity (Wildman–Crippen MR) is 105 cm³/mol. The second-order valence-corrected chi connectivity index (χ2v) is 9.00. The second kappa shape index (κ2) is 8.97. The van der Waals surface area contributed by atoms with Crippen LogP contribution in [0.4, 0.5) is 10.1 Å². The normalized spacial score (nSPS) is 12.3. The number of benzene rings is 2. The van der Waals surface area contributed by atoms with Crippen LogP contribution in [-0.4, -0.2) is 37.4 Å². The summed E-state index contributed by atoms with van der Waals surface area (Å²) in [5.74, 6) is -1.05. The van der Waals surface area contributed by atoms with Gasteiger partial charge in [-0.15, -0.1) is 0 Å². The Morgan fingerprint density at radius 3 is 2.39 bits per heavy atom. The molecule has 0 heterocycles. The van der Waals surface area contributed by atoms with Crippen molar-refractivity contribution in [3.05, 3.63) is 59.9 Å². The molecule has 0 saturated heterocycles. The van der Waals surface area contributed by atoms with Gasteiger partial charge in [0.15, 0.2) is 9.84 Å². The molecule has 0 spiro atoms. The lowest BCUT2D eigenvalue weighted by atomic mass is 10.2. The Bertz CT molecular complexity index is 958. The second-order valence-electron chi connectivity index (χ2n) is 6.64. The molecule has 0 aliphatic rings. The molecule has 0 radical (unpaired) electrons. The van der Waals surface area contributed by atoms with Crippen LogP contribution in [0.2, 0.25) is 0 Å². The highest BCUT2D eigenvalue weighted by Gasteiger charge is 2.25. The average molecular weight is 406 g/mol. The minimum absolute atomic E-state index is 0.0246. The summed E-state index contributed by atoms with van der Waals surface area (Å²) in [6.45, 7) is 3.31. The van der Waals surface area contributed by atoms with Gasteiger partial charge in [-0.2, -0.15) is 0 Å². The number of sulfone groups is 1. The fraction of sp³-hybridized carbons (Fsp3) is 0.300. The zero-order valence-corrected chi connectivity index (χ0v) is 16.8. The van der Waals surface area contributed by atoms with E-state index in [2.05, 4.69) is 5.32 Å². The Morgan fingerprint density at radius 1 is 1.14 bits per heavy atom. The lowest BCUT2D eigenvalue weighted by Gasteiger charge is -2.16. The van der Waals surface area contributed by atoms with Crippen molar-refractivity contribution in [2.24, 2.45) is 0 Å². The quantitative estimate of drug-likeness (QED) is 0.717. The molecule has 1 atom stereocenters. The lowest BCUT2D eigenvalue weighted by Crippen LogP contribution is -2.25. The smallest absolute Gasteiger partial charge is 0.225 e. The minimum atomic E-state index is -3.75. The number of nitrogens with one attached hydrogen (secondary N) is 1. The van der Waals surface area contributed by atoms with Crippen LogP contribution in [-0.2, 0) is 26.0 Å². The van der Waals surface area contributed by atoms with Crippen molar-refractivity contribution in [3.63, 3.8) is 0 Å². The first-order valence-corrected chi connectivity index (χ1v) is 10.2. The number of hydrogen-bond donors (Lipinski definition) is 1. The van der Waals surface area contributed by atoms with Gasteiger partial charge < -0.3 is 10.2 Å². The van der Waals surface area contributed by atoms with Gasteiger partial charge in [-0.05, 0) is 48.9 Å². The van der Waals surface area contributed by atoms with Crippen LogP contribution in [0, 0.1) is 5.82 Å². The summed E-state index contributed by atoms with van der Waals surface area (Å²) in [6.07, 6.45) is -0.239. The Labute approximate surface area is 164 Å². The van der Waals surface area contributed by atoms with Crippen LogP contribution in [0.5, 0.6) is 0 Å². The molecule has 8 heteroatoms. The molecular weight excluding hydrogens is 383 g/mol. The van der Waals surface area contributed by atoms with E-state index < -0.39 is 26.8 Å². The average Bonchev–Trinajstić information content (AvgIpc) is 2.62. The molecule has 0 bridgehead atoms. The fourth-order valence-corrected chi connectivity index (χ4v) is 3.92. The van der Waals surface area contributed by atoms with Gasteiger partial charge in [-0.25, -0.2) is 12.8 Å². The SMILES string of the molecule is CC(=O)N(C)Cc1cccc(NC(=O)CC(C)S(=O)(=O)c2ccc(F)cc2)c1. The number of amides is 2. The van der Waals surface area contributed by atoms with Gasteiger partial charge in [-0.3, -0.25) is 9.59 Å². The topological polar surface area (TPSA) is 83.6 Å². The molecule has 1 N–H and O–H groups in total. The summed E-state index contributed by atoms with van der Waals surface area (Å²) < 4.78 is 38.1. The van der Waals surface area contributed by atoms with E-state index in [1.54, 1.807) is 25.2 Å². The first-order valence-electron chi connectivity index (χ1n) is 8.69. The number of hydrogen-bond acceptors (Lipinski definition) is 4. The third kappa shape index (κ3) is 5.63. The highest BCUT2D eigenvalue weighted by atomic mass is 32.2. The Kier molecular flexibility index (Phi) is 6.90. The van der Waals surface area contributed by atoms with Gasteiger partial charge >= 0.3 is 0 Å². The zero-order valence-electron chi connectivity index (χ0n) is 16.0. The molecule has 0 aliphatic heterocycles. The molecule has 0 fully saturated rings. The third-order valence-electron chi connectivity index (χ3n) is 4.31. The van der Waals surface area contributed by atoms with E-state index in [9.17, 15) is 22.4 Å². The molecule has 1 unspecified atom stereocenters. The van der Waals surface area contributed by atoms with E-state index in [1.807, 2.05) is 6.07 Å². The van der Waals surface area contributed by atoms with Crippen molar-refractivity contribution >= 4 is 27.3 Å². The van der Waals surface area contributed by atoms with E-state index in [0.717, 1.165) is 17.7 Å². The first kappa shape index (κ1) is 21.6. The van der Waals surface area contributed by atoms with Crippen molar-refractivity contribution in [3.8, 4) is 0 Å². The van der Waals surface area contributed by atoms with E-state index in [4.69, 9.17) is 0 Å². The van der Waals surface area contributed by atoms with Crippen LogP contribution in [0.25, 0.3) is 0 Å². The Morgan fingerprint density at radius 2 is 1.79 bits per heavy atom. The summed E-state index contributed by atoms with van der Waals surface area (Å²) >= 11 is 0. The van der Waals surface area contributed by atoms with Crippen molar-refractivity contribution in [1.29, 1.82) is 0 Å².